The minimum Gasteiger partial charge on any atom is -0.497 e. The molecule has 0 radical (unpaired) electrons. The maximum atomic E-state index is 13.9. The van der Waals surface area contributed by atoms with E-state index in [4.69, 9.17) is 9.72 Å². The van der Waals surface area contributed by atoms with Gasteiger partial charge in [0.15, 0.2) is 5.16 Å². The minimum absolute atomic E-state index is 0.0373. The van der Waals surface area contributed by atoms with Gasteiger partial charge in [-0.05, 0) is 73.8 Å². The first-order valence-electron chi connectivity index (χ1n) is 12.1. The van der Waals surface area contributed by atoms with Crippen LogP contribution in [0.2, 0.25) is 0 Å². The summed E-state index contributed by atoms with van der Waals surface area (Å²) in [5.41, 5.74) is 1.88. The zero-order chi connectivity index (χ0) is 23.8. The van der Waals surface area contributed by atoms with Crippen molar-refractivity contribution in [1.29, 1.82) is 0 Å². The quantitative estimate of drug-likeness (QED) is 0.369. The fourth-order valence-corrected chi connectivity index (χ4v) is 7.54. The maximum Gasteiger partial charge on any atom is 0.267 e. The van der Waals surface area contributed by atoms with Crippen molar-refractivity contribution in [2.24, 2.45) is 11.8 Å². The van der Waals surface area contributed by atoms with Crippen LogP contribution in [0.25, 0.3) is 15.9 Å². The van der Waals surface area contributed by atoms with E-state index >= 15 is 0 Å². The van der Waals surface area contributed by atoms with Gasteiger partial charge in [0, 0.05) is 18.0 Å². The molecule has 8 heteroatoms. The molecule has 5 rings (SSSR count). The van der Waals surface area contributed by atoms with Crippen molar-refractivity contribution in [2.45, 2.75) is 51.1 Å². The van der Waals surface area contributed by atoms with E-state index in [1.165, 1.54) is 22.2 Å². The van der Waals surface area contributed by atoms with E-state index in [1.807, 2.05) is 29.2 Å². The van der Waals surface area contributed by atoms with Gasteiger partial charge in [0.05, 0.1) is 23.9 Å². The number of hydrogen-bond donors (Lipinski definition) is 0. The number of fused-ring (bicyclic) bond motifs is 3. The van der Waals surface area contributed by atoms with E-state index in [1.54, 1.807) is 23.0 Å². The molecule has 1 aromatic carbocycles. The van der Waals surface area contributed by atoms with Crippen molar-refractivity contribution >= 4 is 39.2 Å². The second-order valence-corrected chi connectivity index (χ2v) is 11.7. The number of thioether (sulfide) groups is 1. The predicted octanol–water partition coefficient (Wildman–Crippen LogP) is 4.93. The molecule has 2 unspecified atom stereocenters. The van der Waals surface area contributed by atoms with Gasteiger partial charge in [-0.1, -0.05) is 25.6 Å². The van der Waals surface area contributed by atoms with Gasteiger partial charge in [0.1, 0.15) is 10.6 Å². The van der Waals surface area contributed by atoms with Crippen molar-refractivity contribution in [1.82, 2.24) is 14.5 Å². The fourth-order valence-electron chi connectivity index (χ4n) is 5.33. The predicted molar refractivity (Wildman–Crippen MR) is 139 cm³/mol. The lowest BCUT2D eigenvalue weighted by atomic mass is 9.92. The van der Waals surface area contributed by atoms with Crippen LogP contribution in [0.3, 0.4) is 0 Å². The van der Waals surface area contributed by atoms with Gasteiger partial charge < -0.3 is 9.64 Å². The molecule has 2 aromatic heterocycles. The molecule has 6 nitrogen and oxygen atoms in total. The molecule has 3 heterocycles. The Morgan fingerprint density at radius 2 is 1.85 bits per heavy atom. The van der Waals surface area contributed by atoms with Crippen LogP contribution in [0.5, 0.6) is 5.75 Å². The van der Waals surface area contributed by atoms with Crippen LogP contribution in [0.15, 0.2) is 34.2 Å². The summed E-state index contributed by atoms with van der Waals surface area (Å²) in [5.74, 6) is 2.16. The number of aromatic nitrogens is 2. The maximum absolute atomic E-state index is 13.9. The van der Waals surface area contributed by atoms with Crippen molar-refractivity contribution in [3.05, 3.63) is 45.1 Å². The van der Waals surface area contributed by atoms with Gasteiger partial charge >= 0.3 is 0 Å². The highest BCUT2D eigenvalue weighted by molar-refractivity contribution is 7.99. The van der Waals surface area contributed by atoms with E-state index < -0.39 is 0 Å². The SMILES string of the molecule is COc1ccc(-n2c(SCC(=O)N3CC(C)CC(C)C3)nc3sc4c(c3c2=O)CCCC4)cc1. The number of methoxy groups -OCH3 is 1. The molecule has 0 bridgehead atoms. The summed E-state index contributed by atoms with van der Waals surface area (Å²) in [6, 6.07) is 7.47. The second kappa shape index (κ2) is 9.74. The third-order valence-corrected chi connectivity index (χ3v) is 8.94. The molecule has 2 aliphatic rings. The number of thiophene rings is 1. The molecule has 0 N–H and O–H groups in total. The average Bonchev–Trinajstić information content (AvgIpc) is 3.21. The van der Waals surface area contributed by atoms with E-state index in [-0.39, 0.29) is 17.2 Å². The highest BCUT2D eigenvalue weighted by Gasteiger charge is 2.27. The van der Waals surface area contributed by atoms with E-state index in [2.05, 4.69) is 13.8 Å². The van der Waals surface area contributed by atoms with Gasteiger partial charge in [-0.25, -0.2) is 4.98 Å². The molecule has 34 heavy (non-hydrogen) atoms. The Labute approximate surface area is 208 Å². The number of aryl methyl sites for hydroxylation is 2. The normalized spacial score (nSPS) is 20.4. The molecule has 1 aliphatic carbocycles. The lowest BCUT2D eigenvalue weighted by molar-refractivity contribution is -0.130. The summed E-state index contributed by atoms with van der Waals surface area (Å²) in [6.07, 6.45) is 5.39. The number of benzene rings is 1. The van der Waals surface area contributed by atoms with Gasteiger partial charge in [-0.3, -0.25) is 14.2 Å². The summed E-state index contributed by atoms with van der Waals surface area (Å²) in [5, 5.41) is 1.33. The van der Waals surface area contributed by atoms with Gasteiger partial charge in [-0.15, -0.1) is 11.3 Å². The number of piperidine rings is 1. The first kappa shape index (κ1) is 23.4. The van der Waals surface area contributed by atoms with Crippen LogP contribution >= 0.6 is 23.1 Å². The molecule has 1 saturated heterocycles. The molecule has 180 valence electrons. The van der Waals surface area contributed by atoms with Gasteiger partial charge in [0.2, 0.25) is 5.91 Å². The number of nitrogens with zero attached hydrogens (tertiary/aromatic N) is 3. The topological polar surface area (TPSA) is 64.4 Å². The van der Waals surface area contributed by atoms with Crippen molar-refractivity contribution in [3.8, 4) is 11.4 Å². The molecular formula is C26H31N3O3S2. The first-order chi connectivity index (χ1) is 16.4. The molecule has 1 fully saturated rings. The van der Waals surface area contributed by atoms with Crippen molar-refractivity contribution in [3.63, 3.8) is 0 Å². The summed E-state index contributed by atoms with van der Waals surface area (Å²) < 4.78 is 6.99. The van der Waals surface area contributed by atoms with Crippen molar-refractivity contribution < 1.29 is 9.53 Å². The van der Waals surface area contributed by atoms with E-state index in [0.717, 1.165) is 66.8 Å². The number of rotatable bonds is 5. The third kappa shape index (κ3) is 4.50. The van der Waals surface area contributed by atoms with Crippen LogP contribution < -0.4 is 10.3 Å². The smallest absolute Gasteiger partial charge is 0.267 e. The van der Waals surface area contributed by atoms with Crippen LogP contribution in [0, 0.1) is 11.8 Å². The summed E-state index contributed by atoms with van der Waals surface area (Å²) in [6.45, 7) is 6.02. The Kier molecular flexibility index (Phi) is 6.71. The van der Waals surface area contributed by atoms with Crippen LogP contribution in [-0.4, -0.2) is 46.3 Å². The molecule has 3 aromatic rings. The second-order valence-electron chi connectivity index (χ2n) is 9.66. The van der Waals surface area contributed by atoms with E-state index in [9.17, 15) is 9.59 Å². The Hall–Kier alpha value is -2.32. The largest absolute Gasteiger partial charge is 0.497 e. The number of carbonyl (C=O) groups is 1. The number of likely N-dealkylation sites (tertiary alicyclic amines) is 1. The number of hydrogen-bond acceptors (Lipinski definition) is 6. The Balaban J connectivity index is 1.53. The van der Waals surface area contributed by atoms with Crippen LogP contribution in [0.4, 0.5) is 0 Å². The zero-order valence-electron chi connectivity index (χ0n) is 20.0. The number of amides is 1. The van der Waals surface area contributed by atoms with E-state index in [0.29, 0.717) is 17.0 Å². The molecule has 0 spiro atoms. The summed E-state index contributed by atoms with van der Waals surface area (Å²) in [4.78, 5) is 36.0. The summed E-state index contributed by atoms with van der Waals surface area (Å²) in [7, 11) is 1.63. The lowest BCUT2D eigenvalue weighted by Crippen LogP contribution is -2.43. The molecular weight excluding hydrogens is 466 g/mol. The van der Waals surface area contributed by atoms with Crippen LogP contribution in [0.1, 0.15) is 43.6 Å². The summed E-state index contributed by atoms with van der Waals surface area (Å²) >= 11 is 3.01. The number of carbonyl (C=O) groups excluding carboxylic acids is 1. The van der Waals surface area contributed by atoms with Crippen molar-refractivity contribution in [2.75, 3.05) is 26.0 Å². The first-order valence-corrected chi connectivity index (χ1v) is 13.9. The third-order valence-electron chi connectivity index (χ3n) is 6.84. The van der Waals surface area contributed by atoms with Crippen LogP contribution in [-0.2, 0) is 17.6 Å². The Bertz CT molecular complexity index is 1260. The average molecular weight is 498 g/mol. The minimum atomic E-state index is -0.0373. The molecule has 0 saturated carbocycles. The van der Waals surface area contributed by atoms with Gasteiger partial charge in [-0.2, -0.15) is 0 Å². The Morgan fingerprint density at radius 3 is 2.56 bits per heavy atom. The number of ether oxygens (including phenoxy) is 1. The fraction of sp³-hybridized carbons (Fsp3) is 0.500. The monoisotopic (exact) mass is 497 g/mol. The standard InChI is InChI=1S/C26H31N3O3S2/c1-16-12-17(2)14-28(13-16)22(30)15-33-26-27-24-23(20-6-4-5-7-21(20)34-24)25(31)29(26)18-8-10-19(32-3)11-9-18/h8-11,16-17H,4-7,12-15H2,1-3H3. The molecule has 1 aliphatic heterocycles. The van der Waals surface area contributed by atoms with Gasteiger partial charge in [0.25, 0.3) is 5.56 Å². The highest BCUT2D eigenvalue weighted by Crippen LogP contribution is 2.35. The Morgan fingerprint density at radius 1 is 1.15 bits per heavy atom. The zero-order valence-corrected chi connectivity index (χ0v) is 21.6. The highest BCUT2D eigenvalue weighted by atomic mass is 32.2. The molecule has 1 amide bonds. The molecule has 2 atom stereocenters. The lowest BCUT2D eigenvalue weighted by Gasteiger charge is -2.35.